The molecular formula is C26H34ClNO3. The number of phenolic OH excluding ortho intramolecular Hbond substituents is 1. The van der Waals surface area contributed by atoms with E-state index in [1.165, 1.54) is 18.2 Å². The zero-order valence-corrected chi connectivity index (χ0v) is 19.7. The average Bonchev–Trinajstić information content (AvgIpc) is 2.79. The predicted molar refractivity (Wildman–Crippen MR) is 130 cm³/mol. The van der Waals surface area contributed by atoms with Crippen LogP contribution in [-0.2, 0) is 6.54 Å². The minimum absolute atomic E-state index is 0.0951. The van der Waals surface area contributed by atoms with Crippen LogP contribution in [0.2, 0.25) is 5.02 Å². The number of halogens is 1. The zero-order valence-electron chi connectivity index (χ0n) is 18.9. The lowest BCUT2D eigenvalue weighted by molar-refractivity contribution is 0.0948. The summed E-state index contributed by atoms with van der Waals surface area (Å²) in [4.78, 5) is 12.2. The largest absolute Gasteiger partial charge is 0.507 e. The van der Waals surface area contributed by atoms with Crippen LogP contribution in [-0.4, -0.2) is 17.6 Å². The van der Waals surface area contributed by atoms with Gasteiger partial charge in [-0.2, -0.15) is 0 Å². The first-order valence-electron chi connectivity index (χ1n) is 10.8. The van der Waals surface area contributed by atoms with Crippen molar-refractivity contribution in [3.63, 3.8) is 0 Å². The summed E-state index contributed by atoms with van der Waals surface area (Å²) in [7, 11) is 0. The van der Waals surface area contributed by atoms with Gasteiger partial charge in [0, 0.05) is 11.6 Å². The maximum absolute atomic E-state index is 12.2. The van der Waals surface area contributed by atoms with Crippen LogP contribution in [0.4, 0.5) is 0 Å². The molecule has 2 rings (SSSR count). The molecule has 0 spiro atoms. The molecule has 0 heterocycles. The Bertz CT molecular complexity index is 844. The third-order valence-electron chi connectivity index (χ3n) is 4.40. The molecule has 0 saturated carbocycles. The Kier molecular flexibility index (Phi) is 12.8. The molecule has 2 N–H and O–H groups in total. The van der Waals surface area contributed by atoms with Gasteiger partial charge in [-0.25, -0.2) is 0 Å². The Balaban J connectivity index is 0.00000233. The molecule has 168 valence electrons. The number of hydrogen-bond donors (Lipinski definition) is 2. The summed E-state index contributed by atoms with van der Waals surface area (Å²) < 4.78 is 5.79. The predicted octanol–water partition coefficient (Wildman–Crippen LogP) is 6.93. The quantitative estimate of drug-likeness (QED) is 0.309. The average molecular weight is 444 g/mol. The van der Waals surface area contributed by atoms with E-state index in [0.29, 0.717) is 24.1 Å². The molecule has 1 amide bonds. The topological polar surface area (TPSA) is 58.6 Å². The summed E-state index contributed by atoms with van der Waals surface area (Å²) in [6, 6.07) is 12.0. The monoisotopic (exact) mass is 443 g/mol. The number of ether oxygens (including phenoxy) is 1. The minimum Gasteiger partial charge on any atom is -0.507 e. The molecule has 31 heavy (non-hydrogen) atoms. The number of benzene rings is 2. The molecule has 2 aromatic carbocycles. The summed E-state index contributed by atoms with van der Waals surface area (Å²) >= 11 is 5.88. The number of rotatable bonds is 10. The van der Waals surface area contributed by atoms with Crippen molar-refractivity contribution in [2.45, 2.75) is 47.1 Å². The molecule has 1 atom stereocenters. The van der Waals surface area contributed by atoms with E-state index < -0.39 is 0 Å². The van der Waals surface area contributed by atoms with Gasteiger partial charge in [0.1, 0.15) is 11.5 Å². The summed E-state index contributed by atoms with van der Waals surface area (Å²) in [6.45, 7) is 9.23. The van der Waals surface area contributed by atoms with Gasteiger partial charge in [0.25, 0.3) is 5.91 Å². The lowest BCUT2D eigenvalue weighted by Gasteiger charge is -2.10. The fourth-order valence-electron chi connectivity index (χ4n) is 2.73. The van der Waals surface area contributed by atoms with Gasteiger partial charge in [-0.05, 0) is 61.6 Å². The highest BCUT2D eigenvalue weighted by Crippen LogP contribution is 2.21. The Labute approximate surface area is 191 Å². The number of aromatic hydroxyl groups is 1. The van der Waals surface area contributed by atoms with E-state index in [1.807, 2.05) is 57.2 Å². The molecule has 0 fully saturated rings. The molecule has 0 radical (unpaired) electrons. The van der Waals surface area contributed by atoms with Crippen LogP contribution in [0.25, 0.3) is 0 Å². The van der Waals surface area contributed by atoms with Crippen molar-refractivity contribution in [1.29, 1.82) is 0 Å². The number of nitrogens with one attached hydrogen (secondary N) is 1. The fraction of sp³-hybridized carbons (Fsp3) is 0.346. The molecule has 0 saturated heterocycles. The van der Waals surface area contributed by atoms with E-state index in [4.69, 9.17) is 16.3 Å². The number of allylic oxidation sites excluding steroid dienone is 4. The van der Waals surface area contributed by atoms with E-state index in [1.54, 1.807) is 0 Å². The third-order valence-corrected chi connectivity index (χ3v) is 4.63. The van der Waals surface area contributed by atoms with Crippen molar-refractivity contribution in [2.75, 3.05) is 6.61 Å². The van der Waals surface area contributed by atoms with Crippen LogP contribution in [0.1, 0.15) is 56.5 Å². The maximum atomic E-state index is 12.2. The van der Waals surface area contributed by atoms with Gasteiger partial charge in [-0.15, -0.1) is 0 Å². The molecule has 2 aromatic rings. The maximum Gasteiger partial charge on any atom is 0.255 e. The standard InChI is InChI=1S/C24H28ClNO3.C2H6/c1-3-4-5-7-18(2)8-6-15-29-21-12-9-19(10-13-21)17-26-24(28)22-16-20(25)11-14-23(22)27;1-2/h3-5,7,9-14,16,18,27H,6,8,15,17H2,1-2H3,(H,26,28);1-2H3/b4-3-,7-5-;. The first-order valence-corrected chi connectivity index (χ1v) is 11.2. The second-order valence-electron chi connectivity index (χ2n) is 6.87. The van der Waals surface area contributed by atoms with Crippen LogP contribution >= 0.6 is 11.6 Å². The molecule has 1 unspecified atom stereocenters. The van der Waals surface area contributed by atoms with Gasteiger partial charge in [0.05, 0.1) is 12.2 Å². The van der Waals surface area contributed by atoms with Gasteiger partial charge in [0.15, 0.2) is 0 Å². The Morgan fingerprint density at radius 1 is 1.16 bits per heavy atom. The molecule has 0 aromatic heterocycles. The number of amides is 1. The molecule has 4 nitrogen and oxygen atoms in total. The smallest absolute Gasteiger partial charge is 0.255 e. The van der Waals surface area contributed by atoms with E-state index in [9.17, 15) is 9.90 Å². The van der Waals surface area contributed by atoms with Crippen LogP contribution < -0.4 is 10.1 Å². The number of carbonyl (C=O) groups excluding carboxylic acids is 1. The van der Waals surface area contributed by atoms with Crippen molar-refractivity contribution in [2.24, 2.45) is 5.92 Å². The normalized spacial score (nSPS) is 11.8. The van der Waals surface area contributed by atoms with Gasteiger partial charge in [-0.3, -0.25) is 4.79 Å². The van der Waals surface area contributed by atoms with E-state index in [0.717, 1.165) is 24.2 Å². The highest BCUT2D eigenvalue weighted by molar-refractivity contribution is 6.31. The number of phenols is 1. The van der Waals surface area contributed by atoms with E-state index in [2.05, 4.69) is 24.4 Å². The lowest BCUT2D eigenvalue weighted by Crippen LogP contribution is -2.22. The van der Waals surface area contributed by atoms with Gasteiger partial charge in [-0.1, -0.05) is 68.8 Å². The second kappa shape index (κ2) is 15.1. The highest BCUT2D eigenvalue weighted by atomic mass is 35.5. The van der Waals surface area contributed by atoms with Crippen LogP contribution in [0.3, 0.4) is 0 Å². The van der Waals surface area contributed by atoms with Crippen molar-refractivity contribution in [3.05, 3.63) is 82.9 Å². The summed E-state index contributed by atoms with van der Waals surface area (Å²) in [6.07, 6.45) is 10.4. The van der Waals surface area contributed by atoms with Crippen molar-refractivity contribution in [3.8, 4) is 11.5 Å². The van der Waals surface area contributed by atoms with Gasteiger partial charge >= 0.3 is 0 Å². The van der Waals surface area contributed by atoms with Crippen molar-refractivity contribution >= 4 is 17.5 Å². The molecule has 0 aliphatic carbocycles. The molecule has 5 heteroatoms. The molecular weight excluding hydrogens is 410 g/mol. The van der Waals surface area contributed by atoms with Gasteiger partial charge in [0.2, 0.25) is 0 Å². The first-order chi connectivity index (χ1) is 15.0. The van der Waals surface area contributed by atoms with Crippen LogP contribution in [0.5, 0.6) is 11.5 Å². The zero-order chi connectivity index (χ0) is 23.1. The second-order valence-corrected chi connectivity index (χ2v) is 7.30. The van der Waals surface area contributed by atoms with Crippen LogP contribution in [0.15, 0.2) is 66.8 Å². The summed E-state index contributed by atoms with van der Waals surface area (Å²) in [5, 5.41) is 13.0. The van der Waals surface area contributed by atoms with Crippen LogP contribution in [0, 0.1) is 5.92 Å². The van der Waals surface area contributed by atoms with Crippen molar-refractivity contribution in [1.82, 2.24) is 5.32 Å². The third kappa shape index (κ3) is 10.2. The number of carbonyl (C=O) groups is 1. The Hall–Kier alpha value is -2.72. The lowest BCUT2D eigenvalue weighted by atomic mass is 10.1. The summed E-state index contributed by atoms with van der Waals surface area (Å²) in [5.74, 6) is 0.870. The molecule has 0 bridgehead atoms. The fourth-order valence-corrected chi connectivity index (χ4v) is 2.90. The van der Waals surface area contributed by atoms with E-state index in [-0.39, 0.29) is 17.2 Å². The van der Waals surface area contributed by atoms with Gasteiger partial charge < -0.3 is 15.2 Å². The van der Waals surface area contributed by atoms with E-state index >= 15 is 0 Å². The Morgan fingerprint density at radius 2 is 1.87 bits per heavy atom. The van der Waals surface area contributed by atoms with Crippen molar-refractivity contribution < 1.29 is 14.6 Å². The first kappa shape index (κ1) is 26.3. The highest BCUT2D eigenvalue weighted by Gasteiger charge is 2.11. The molecule has 0 aliphatic rings. The SMILES string of the molecule is C/C=C\C=C/C(C)CCCOc1ccc(CNC(=O)c2cc(Cl)ccc2O)cc1.CC. The Morgan fingerprint density at radius 3 is 2.55 bits per heavy atom. The number of hydrogen-bond acceptors (Lipinski definition) is 3. The molecule has 0 aliphatic heterocycles. The summed E-state index contributed by atoms with van der Waals surface area (Å²) in [5.41, 5.74) is 1.10. The minimum atomic E-state index is -0.372.